The first-order valence-electron chi connectivity index (χ1n) is 1.28. The second-order valence-electron chi connectivity index (χ2n) is 0.513. The summed E-state index contributed by atoms with van der Waals surface area (Å²) in [5.41, 5.74) is 0. The minimum atomic E-state index is -4.64. The molecule has 48 valence electrons. The van der Waals surface area contributed by atoms with E-state index in [-0.39, 0.29) is 25.9 Å². The minimum absolute atomic E-state index is 0. The monoisotopic (exact) mass is 152 g/mol. The van der Waals surface area contributed by atoms with Gasteiger partial charge in [0.05, 0.1) is 0 Å². The first kappa shape index (κ1) is 15.8. The van der Waals surface area contributed by atoms with Gasteiger partial charge in [-0.15, -0.1) is 13.2 Å². The van der Waals surface area contributed by atoms with Gasteiger partial charge in [0.25, 0.3) is 0 Å². The molecule has 0 fully saturated rings. The number of hydrogen-bond donors (Lipinski definition) is 3. The molecule has 0 aliphatic heterocycles. The molecular formula is C2H9MgO4P. The average Bonchev–Trinajstić information content (AvgIpc) is 1.36. The van der Waals surface area contributed by atoms with E-state index in [0.717, 1.165) is 0 Å². The van der Waals surface area contributed by atoms with Gasteiger partial charge in [-0.25, -0.2) is 4.57 Å². The standard InChI is InChI=1S/C2H4.Mg.H3O4P.2H/c1-2;;1-5(2,3)4;;/h1-2H2;;(H3,1,2,3,4);;/q;+2;;2*-1. The van der Waals surface area contributed by atoms with E-state index in [1.165, 1.54) is 0 Å². The van der Waals surface area contributed by atoms with E-state index in [1.54, 1.807) is 0 Å². The van der Waals surface area contributed by atoms with Crippen molar-refractivity contribution in [3.05, 3.63) is 13.2 Å². The Bertz CT molecular complexity index is 77.1. The zero-order valence-electron chi connectivity index (χ0n) is 6.32. The van der Waals surface area contributed by atoms with Crippen LogP contribution < -0.4 is 0 Å². The van der Waals surface area contributed by atoms with Gasteiger partial charge in [0, 0.05) is 0 Å². The summed E-state index contributed by atoms with van der Waals surface area (Å²) in [6.07, 6.45) is 0. The maximum atomic E-state index is 8.88. The largest absolute Gasteiger partial charge is 2.00 e. The molecule has 3 N–H and O–H groups in total. The summed E-state index contributed by atoms with van der Waals surface area (Å²) >= 11 is 0. The third kappa shape index (κ3) is 550. The molecule has 0 aliphatic rings. The molecule has 0 saturated heterocycles. The molecular weight excluding hydrogens is 143 g/mol. The Morgan fingerprint density at radius 3 is 1.25 bits per heavy atom. The van der Waals surface area contributed by atoms with Gasteiger partial charge in [0.2, 0.25) is 0 Å². The SMILES string of the molecule is C=C.O=P(O)(O)O.[H-].[H-].[Mg+2]. The van der Waals surface area contributed by atoms with Crippen LogP contribution in [0, 0.1) is 0 Å². The van der Waals surface area contributed by atoms with Gasteiger partial charge in [0.1, 0.15) is 0 Å². The van der Waals surface area contributed by atoms with Crippen LogP contribution in [0.3, 0.4) is 0 Å². The van der Waals surface area contributed by atoms with Crippen molar-refractivity contribution in [1.29, 1.82) is 0 Å². The second kappa shape index (κ2) is 7.62. The molecule has 4 nitrogen and oxygen atoms in total. The predicted octanol–water partition coefficient (Wildman–Crippen LogP) is -0.282. The summed E-state index contributed by atoms with van der Waals surface area (Å²) < 4.78 is 8.88. The molecule has 0 atom stereocenters. The van der Waals surface area contributed by atoms with Crippen LogP contribution in [-0.2, 0) is 4.57 Å². The summed E-state index contributed by atoms with van der Waals surface area (Å²) in [5.74, 6) is 0. The fraction of sp³-hybridized carbons (Fsp3) is 0. The van der Waals surface area contributed by atoms with E-state index in [2.05, 4.69) is 13.2 Å². The summed E-state index contributed by atoms with van der Waals surface area (Å²) in [4.78, 5) is 21.6. The quantitative estimate of drug-likeness (QED) is 0.253. The van der Waals surface area contributed by atoms with Gasteiger partial charge in [-0.1, -0.05) is 0 Å². The van der Waals surface area contributed by atoms with Crippen molar-refractivity contribution >= 4 is 30.9 Å². The topological polar surface area (TPSA) is 77.8 Å². The maximum Gasteiger partial charge on any atom is 2.00 e. The van der Waals surface area contributed by atoms with Crippen molar-refractivity contribution in [3.8, 4) is 0 Å². The van der Waals surface area contributed by atoms with Crippen molar-refractivity contribution in [1.82, 2.24) is 0 Å². The summed E-state index contributed by atoms with van der Waals surface area (Å²) in [6, 6.07) is 0. The van der Waals surface area contributed by atoms with Crippen LogP contribution in [-0.4, -0.2) is 37.7 Å². The fourth-order valence-corrected chi connectivity index (χ4v) is 0. The molecule has 0 rings (SSSR count). The van der Waals surface area contributed by atoms with Crippen LogP contribution in [0.2, 0.25) is 0 Å². The smallest absolute Gasteiger partial charge is 1.00 e. The number of phosphoric acid groups is 1. The Morgan fingerprint density at radius 2 is 1.25 bits per heavy atom. The van der Waals surface area contributed by atoms with Crippen molar-refractivity contribution in [2.24, 2.45) is 0 Å². The van der Waals surface area contributed by atoms with Gasteiger partial charge in [-0.05, 0) is 0 Å². The Balaban J connectivity index is -0.0000000154. The summed E-state index contributed by atoms with van der Waals surface area (Å²) in [6.45, 7) is 6.00. The van der Waals surface area contributed by atoms with E-state index >= 15 is 0 Å². The second-order valence-corrected chi connectivity index (χ2v) is 1.54. The van der Waals surface area contributed by atoms with Crippen molar-refractivity contribution in [3.63, 3.8) is 0 Å². The maximum absolute atomic E-state index is 8.88. The summed E-state index contributed by atoms with van der Waals surface area (Å²) in [5, 5.41) is 0. The molecule has 0 radical (unpaired) electrons. The molecule has 0 amide bonds. The molecule has 0 heterocycles. The van der Waals surface area contributed by atoms with Crippen molar-refractivity contribution < 1.29 is 22.1 Å². The predicted molar refractivity (Wildman–Crippen MR) is 33.5 cm³/mol. The zero-order valence-corrected chi connectivity index (χ0v) is 6.63. The third-order valence-corrected chi connectivity index (χ3v) is 0. The van der Waals surface area contributed by atoms with E-state index in [4.69, 9.17) is 19.2 Å². The molecule has 6 heteroatoms. The van der Waals surface area contributed by atoms with Crippen LogP contribution in [0.4, 0.5) is 0 Å². The molecule has 0 aromatic heterocycles. The van der Waals surface area contributed by atoms with Crippen LogP contribution in [0.1, 0.15) is 2.85 Å². The fourth-order valence-electron chi connectivity index (χ4n) is 0. The van der Waals surface area contributed by atoms with Crippen molar-refractivity contribution in [2.45, 2.75) is 0 Å². The molecule has 0 unspecified atom stereocenters. The van der Waals surface area contributed by atoms with Gasteiger partial charge in [-0.3, -0.25) is 0 Å². The molecule has 0 aromatic carbocycles. The average molecular weight is 152 g/mol. The number of hydrogen-bond acceptors (Lipinski definition) is 1. The normalized spacial score (nSPS) is 7.88. The van der Waals surface area contributed by atoms with Crippen LogP contribution in [0.5, 0.6) is 0 Å². The van der Waals surface area contributed by atoms with E-state index < -0.39 is 7.82 Å². The molecule has 0 aromatic rings. The molecule has 0 saturated carbocycles. The van der Waals surface area contributed by atoms with Crippen molar-refractivity contribution in [2.75, 3.05) is 0 Å². The molecule has 0 spiro atoms. The summed E-state index contributed by atoms with van der Waals surface area (Å²) in [7, 11) is -4.64. The van der Waals surface area contributed by atoms with Crippen LogP contribution in [0.25, 0.3) is 0 Å². The molecule has 0 bridgehead atoms. The van der Waals surface area contributed by atoms with Gasteiger partial charge in [-0.2, -0.15) is 0 Å². The number of rotatable bonds is 0. The van der Waals surface area contributed by atoms with Crippen LogP contribution >= 0.6 is 7.82 Å². The van der Waals surface area contributed by atoms with E-state index in [9.17, 15) is 0 Å². The van der Waals surface area contributed by atoms with E-state index in [0.29, 0.717) is 0 Å². The Kier molecular flexibility index (Phi) is 15.1. The van der Waals surface area contributed by atoms with E-state index in [1.807, 2.05) is 0 Å². The third-order valence-electron chi connectivity index (χ3n) is 0. The zero-order chi connectivity index (χ0) is 6.50. The van der Waals surface area contributed by atoms with Gasteiger partial charge in [0.15, 0.2) is 0 Å². The molecule has 8 heavy (non-hydrogen) atoms. The van der Waals surface area contributed by atoms with Gasteiger partial charge >= 0.3 is 30.9 Å². The first-order valence-corrected chi connectivity index (χ1v) is 2.85. The Morgan fingerprint density at radius 1 is 1.25 bits per heavy atom. The van der Waals surface area contributed by atoms with Gasteiger partial charge < -0.3 is 17.5 Å². The Hall–Kier alpha value is 0.616. The first-order chi connectivity index (χ1) is 3.00. The Labute approximate surface area is 66.6 Å². The minimum Gasteiger partial charge on any atom is -1.00 e. The van der Waals surface area contributed by atoms with Crippen LogP contribution in [0.15, 0.2) is 13.2 Å². The molecule has 0 aliphatic carbocycles.